The Morgan fingerprint density at radius 2 is 1.45 bits per heavy atom. The third kappa shape index (κ3) is 9.85. The van der Waals surface area contributed by atoms with Crippen molar-refractivity contribution in [3.63, 3.8) is 0 Å². The fourth-order valence-electron chi connectivity index (χ4n) is 9.77. The third-order valence-electron chi connectivity index (χ3n) is 13.1. The van der Waals surface area contributed by atoms with Gasteiger partial charge in [-0.3, -0.25) is 19.2 Å². The van der Waals surface area contributed by atoms with Gasteiger partial charge in [0.25, 0.3) is 0 Å². The van der Waals surface area contributed by atoms with E-state index in [0.29, 0.717) is 5.56 Å². The molecular formula is C47H59NO18. The van der Waals surface area contributed by atoms with Crippen molar-refractivity contribution in [3.05, 3.63) is 82.9 Å². The van der Waals surface area contributed by atoms with E-state index in [1.807, 2.05) is 0 Å². The minimum absolute atomic E-state index is 0.0637. The van der Waals surface area contributed by atoms with Crippen LogP contribution in [0.3, 0.4) is 0 Å². The number of ketones is 1. The summed E-state index contributed by atoms with van der Waals surface area (Å²) < 4.78 is 29.5. The van der Waals surface area contributed by atoms with Gasteiger partial charge in [-0.2, -0.15) is 0 Å². The highest BCUT2D eigenvalue weighted by Gasteiger charge is 2.78. The molecule has 2 saturated carbocycles. The Labute approximate surface area is 381 Å². The van der Waals surface area contributed by atoms with E-state index < -0.39 is 124 Å². The Bertz CT molecular complexity index is 2210. The Morgan fingerprint density at radius 3 is 1.95 bits per heavy atom. The molecule has 19 nitrogen and oxygen atoms in total. The van der Waals surface area contributed by atoms with Crippen molar-refractivity contribution in [3.8, 4) is 0 Å². The van der Waals surface area contributed by atoms with Crippen molar-refractivity contribution in [2.75, 3.05) is 6.61 Å². The summed E-state index contributed by atoms with van der Waals surface area (Å²) in [6.45, 7) is 11.8. The Morgan fingerprint density at radius 1 is 0.894 bits per heavy atom. The quantitative estimate of drug-likeness (QED) is 0.0967. The van der Waals surface area contributed by atoms with Crippen molar-refractivity contribution in [2.24, 2.45) is 16.7 Å². The topological polar surface area (TPSA) is 299 Å². The molecule has 360 valence electrons. The van der Waals surface area contributed by atoms with Gasteiger partial charge in [-0.05, 0) is 63.5 Å². The van der Waals surface area contributed by atoms with Gasteiger partial charge < -0.3 is 59.6 Å². The van der Waals surface area contributed by atoms with Crippen LogP contribution in [-0.4, -0.2) is 132 Å². The number of aliphatic hydroxyl groups is 4. The van der Waals surface area contributed by atoms with Gasteiger partial charge in [0.05, 0.1) is 48.5 Å². The SMILES string of the molecule is CC(=O)O[C@@]12CO[C@@H]1C[C@H](O)[C@@]1(C)C(=O)[C@H](O)C3=C(C)[C@@H](OC(=O)[C@H](O)[C@@H](NC(=O)OC(C)(C)C)c4ccccc4)C[C@@](O)([C@@H](OC(=O)c4ccccc4)[C@H]21)C3(C)C.O=C(O)CCC(=O)O. The van der Waals surface area contributed by atoms with Crippen LogP contribution in [0.2, 0.25) is 0 Å². The number of hydrogen-bond acceptors (Lipinski definition) is 16. The number of carboxylic acid groups (broad SMARTS) is 2. The zero-order valence-electron chi connectivity index (χ0n) is 38.0. The van der Waals surface area contributed by atoms with Crippen molar-refractivity contribution in [1.82, 2.24) is 5.32 Å². The zero-order chi connectivity index (χ0) is 49.3. The first-order valence-corrected chi connectivity index (χ1v) is 21.4. The van der Waals surface area contributed by atoms with Gasteiger partial charge in [0.2, 0.25) is 0 Å². The number of benzene rings is 2. The van der Waals surface area contributed by atoms with E-state index in [4.69, 9.17) is 33.9 Å². The molecule has 2 bridgehead atoms. The lowest BCUT2D eigenvalue weighted by Gasteiger charge is -2.67. The Kier molecular flexibility index (Phi) is 14.9. The lowest BCUT2D eigenvalue weighted by atomic mass is 9.44. The highest BCUT2D eigenvalue weighted by Crippen LogP contribution is 2.64. The molecule has 19 heteroatoms. The molecule has 0 spiro atoms. The summed E-state index contributed by atoms with van der Waals surface area (Å²) >= 11 is 0. The summed E-state index contributed by atoms with van der Waals surface area (Å²) in [5.74, 6) is -7.52. The number of nitrogens with one attached hydrogen (secondary N) is 1. The van der Waals surface area contributed by atoms with Gasteiger partial charge in [-0.1, -0.05) is 62.4 Å². The van der Waals surface area contributed by atoms with Crippen molar-refractivity contribution in [2.45, 2.75) is 141 Å². The molecule has 0 unspecified atom stereocenters. The summed E-state index contributed by atoms with van der Waals surface area (Å²) in [5, 5.41) is 67.4. The number of aliphatic hydroxyl groups excluding tert-OH is 3. The lowest BCUT2D eigenvalue weighted by Crippen LogP contribution is -2.81. The van der Waals surface area contributed by atoms with Crippen molar-refractivity contribution in [1.29, 1.82) is 0 Å². The number of alkyl carbamates (subject to hydrolysis) is 1. The Balaban J connectivity index is 0.000000933. The van der Waals surface area contributed by atoms with Crippen LogP contribution >= 0.6 is 0 Å². The molecule has 11 atom stereocenters. The number of Topliss-reactive ketones (excluding diaryl/α,β-unsaturated/α-hetero) is 1. The van der Waals surface area contributed by atoms with Crippen LogP contribution < -0.4 is 5.32 Å². The molecule has 1 amide bonds. The highest BCUT2D eigenvalue weighted by molar-refractivity contribution is 5.94. The predicted molar refractivity (Wildman–Crippen MR) is 228 cm³/mol. The number of hydrogen-bond donors (Lipinski definition) is 7. The van der Waals surface area contributed by atoms with Gasteiger partial charge in [0, 0.05) is 25.2 Å². The van der Waals surface area contributed by atoms with Crippen LogP contribution in [0.15, 0.2) is 71.8 Å². The van der Waals surface area contributed by atoms with E-state index in [1.165, 1.54) is 26.0 Å². The molecule has 2 aromatic rings. The molecule has 0 aromatic heterocycles. The number of carbonyl (C=O) groups is 7. The molecule has 0 radical (unpaired) electrons. The maximum absolute atomic E-state index is 14.9. The minimum Gasteiger partial charge on any atom is -0.481 e. The lowest BCUT2D eigenvalue weighted by molar-refractivity contribution is -0.346. The molecule has 2 aromatic carbocycles. The normalized spacial score (nSPS) is 30.6. The number of esters is 3. The van der Waals surface area contributed by atoms with Gasteiger partial charge in [0.15, 0.2) is 17.5 Å². The summed E-state index contributed by atoms with van der Waals surface area (Å²) in [6, 6.07) is 14.6. The van der Waals surface area contributed by atoms with E-state index in [0.717, 1.165) is 6.92 Å². The number of fused-ring (bicyclic) bond motifs is 5. The van der Waals surface area contributed by atoms with Gasteiger partial charge >= 0.3 is 35.9 Å². The Hall–Kier alpha value is -5.73. The first-order chi connectivity index (χ1) is 30.6. The summed E-state index contributed by atoms with van der Waals surface area (Å²) in [6.07, 6.45) is -12.1. The van der Waals surface area contributed by atoms with E-state index in [2.05, 4.69) is 5.32 Å². The summed E-state index contributed by atoms with van der Waals surface area (Å²) in [5.41, 5.74) is -8.14. The first-order valence-electron chi connectivity index (χ1n) is 21.4. The zero-order valence-corrected chi connectivity index (χ0v) is 38.0. The number of amides is 1. The van der Waals surface area contributed by atoms with Gasteiger partial charge in [0.1, 0.15) is 35.6 Å². The fraction of sp³-hybridized carbons (Fsp3) is 0.553. The van der Waals surface area contributed by atoms with Gasteiger partial charge in [-0.15, -0.1) is 0 Å². The van der Waals surface area contributed by atoms with Crippen LogP contribution in [0.5, 0.6) is 0 Å². The highest BCUT2D eigenvalue weighted by atomic mass is 16.6. The fourth-order valence-corrected chi connectivity index (χ4v) is 9.77. The average molecular weight is 926 g/mol. The monoisotopic (exact) mass is 925 g/mol. The maximum atomic E-state index is 14.9. The van der Waals surface area contributed by atoms with Gasteiger partial charge in [-0.25, -0.2) is 14.4 Å². The number of ether oxygens (including phenoxy) is 5. The number of rotatable bonds is 11. The maximum Gasteiger partial charge on any atom is 0.408 e. The first kappa shape index (κ1) is 51.3. The molecule has 1 aliphatic heterocycles. The molecule has 1 heterocycles. The second-order valence-corrected chi connectivity index (χ2v) is 18.9. The largest absolute Gasteiger partial charge is 0.481 e. The van der Waals surface area contributed by atoms with Crippen molar-refractivity contribution < 1.29 is 87.9 Å². The molecule has 6 rings (SSSR count). The molecule has 7 N–H and O–H groups in total. The van der Waals surface area contributed by atoms with Crippen LogP contribution in [0.1, 0.15) is 103 Å². The second kappa shape index (κ2) is 19.2. The van der Waals surface area contributed by atoms with E-state index in [1.54, 1.807) is 83.1 Å². The molecular weight excluding hydrogens is 867 g/mol. The minimum atomic E-state index is -2.35. The average Bonchev–Trinajstić information content (AvgIpc) is 3.23. The number of carbonyl (C=O) groups excluding carboxylic acids is 5. The smallest absolute Gasteiger partial charge is 0.408 e. The molecule has 4 aliphatic rings. The van der Waals surface area contributed by atoms with Crippen LogP contribution in [-0.2, 0) is 47.7 Å². The second-order valence-electron chi connectivity index (χ2n) is 18.9. The number of carboxylic acids is 2. The molecule has 3 aliphatic carbocycles. The van der Waals surface area contributed by atoms with Crippen molar-refractivity contribution >= 4 is 41.7 Å². The van der Waals surface area contributed by atoms with E-state index >= 15 is 0 Å². The third-order valence-corrected chi connectivity index (χ3v) is 13.1. The summed E-state index contributed by atoms with van der Waals surface area (Å²) in [4.78, 5) is 88.2. The molecule has 66 heavy (non-hydrogen) atoms. The van der Waals surface area contributed by atoms with Crippen LogP contribution in [0, 0.1) is 16.7 Å². The van der Waals surface area contributed by atoms with E-state index in [9.17, 15) is 54.0 Å². The van der Waals surface area contributed by atoms with Crippen LogP contribution in [0.25, 0.3) is 0 Å². The van der Waals surface area contributed by atoms with Crippen LogP contribution in [0.4, 0.5) is 4.79 Å². The predicted octanol–water partition coefficient (Wildman–Crippen LogP) is 3.20. The van der Waals surface area contributed by atoms with E-state index in [-0.39, 0.29) is 42.6 Å². The standard InChI is InChI=1S/C43H53NO14.C4H6O4/c1-22-26(55-37(51)32(48)30(24-15-11-9-12-16-24)44-38(52)58-39(3,4)5)20-43(53)35(56-36(50)25-17-13-10-14-18-25)33-41(8,34(49)31(47)29(22)40(43,6)7)27(46)19-28-42(33,21-54-28)57-23(2)45;5-3(6)1-2-4(7)8/h9-18,26-28,30-33,35,46-48,53H,19-21H2,1-8H3,(H,44,52);1-2H2,(H,5,6)(H,7,8)/t26-,27-,28+,30-,31+,32+,33-,35-,41+,42-,43+;/m0./s1. The molecule has 1 saturated heterocycles. The number of aliphatic carboxylic acids is 2. The summed E-state index contributed by atoms with van der Waals surface area (Å²) in [7, 11) is 0. The molecule has 3 fully saturated rings.